The van der Waals surface area contributed by atoms with E-state index in [1.807, 2.05) is 38.1 Å². The van der Waals surface area contributed by atoms with Gasteiger partial charge in [-0.05, 0) is 38.1 Å². The molecule has 0 aliphatic carbocycles. The molecule has 1 heterocycles. The standard InChI is InChI=1S/C20H21F2N5O2S/c1-13-3-5-17(6-4-13)26-19-9-14(2)25-20(27-19)23-7-8-24-30(28,29)18-11-15(21)10-16(22)12-18/h3-6,9-12,24H,7-8H2,1-2H3,(H2,23,25,26,27). The minimum Gasteiger partial charge on any atom is -0.353 e. The average molecular weight is 433 g/mol. The molecule has 0 radical (unpaired) electrons. The number of aryl methyl sites for hydroxylation is 2. The summed E-state index contributed by atoms with van der Waals surface area (Å²) in [6, 6.07) is 11.7. The number of nitrogens with zero attached hydrogens (tertiary/aromatic N) is 2. The molecule has 0 bridgehead atoms. The fourth-order valence-corrected chi connectivity index (χ4v) is 3.70. The fraction of sp³-hybridized carbons (Fsp3) is 0.200. The smallest absolute Gasteiger partial charge is 0.240 e. The number of rotatable bonds is 8. The van der Waals surface area contributed by atoms with E-state index in [9.17, 15) is 17.2 Å². The van der Waals surface area contributed by atoms with Gasteiger partial charge in [0, 0.05) is 36.6 Å². The maximum absolute atomic E-state index is 13.3. The Balaban J connectivity index is 1.59. The van der Waals surface area contributed by atoms with Crippen LogP contribution in [0.3, 0.4) is 0 Å². The van der Waals surface area contributed by atoms with Crippen molar-refractivity contribution in [3.05, 3.63) is 71.4 Å². The molecule has 0 fully saturated rings. The summed E-state index contributed by atoms with van der Waals surface area (Å²) in [7, 11) is -4.04. The van der Waals surface area contributed by atoms with Gasteiger partial charge in [-0.25, -0.2) is 26.9 Å². The lowest BCUT2D eigenvalue weighted by Crippen LogP contribution is -2.29. The molecule has 0 saturated carbocycles. The van der Waals surface area contributed by atoms with E-state index in [4.69, 9.17) is 0 Å². The second-order valence-electron chi connectivity index (χ2n) is 6.64. The molecule has 1 aromatic heterocycles. The Morgan fingerprint density at radius 1 is 0.900 bits per heavy atom. The van der Waals surface area contributed by atoms with Crippen LogP contribution in [0.1, 0.15) is 11.3 Å². The number of halogens is 2. The number of nitrogens with one attached hydrogen (secondary N) is 3. The Kier molecular flexibility index (Phi) is 6.58. The number of hydrogen-bond acceptors (Lipinski definition) is 6. The van der Waals surface area contributed by atoms with Gasteiger partial charge in [0.2, 0.25) is 16.0 Å². The summed E-state index contributed by atoms with van der Waals surface area (Å²) in [5.41, 5.74) is 2.74. The highest BCUT2D eigenvalue weighted by molar-refractivity contribution is 7.89. The van der Waals surface area contributed by atoms with Gasteiger partial charge in [-0.3, -0.25) is 0 Å². The van der Waals surface area contributed by atoms with Gasteiger partial charge in [-0.15, -0.1) is 0 Å². The molecule has 0 amide bonds. The van der Waals surface area contributed by atoms with Crippen LogP contribution in [0.2, 0.25) is 0 Å². The number of sulfonamides is 1. The second kappa shape index (κ2) is 9.14. The van der Waals surface area contributed by atoms with Crippen LogP contribution in [0, 0.1) is 25.5 Å². The lowest BCUT2D eigenvalue weighted by atomic mass is 10.2. The van der Waals surface area contributed by atoms with E-state index in [0.717, 1.165) is 29.1 Å². The molecular formula is C20H21F2N5O2S. The Labute approximate surface area is 173 Å². The van der Waals surface area contributed by atoms with E-state index in [-0.39, 0.29) is 13.1 Å². The molecule has 2 aromatic carbocycles. The molecule has 0 atom stereocenters. The molecule has 3 N–H and O–H groups in total. The van der Waals surface area contributed by atoms with Crippen LogP contribution in [0.5, 0.6) is 0 Å². The highest BCUT2D eigenvalue weighted by Gasteiger charge is 2.16. The van der Waals surface area contributed by atoms with E-state index >= 15 is 0 Å². The topological polar surface area (TPSA) is 96.0 Å². The summed E-state index contributed by atoms with van der Waals surface area (Å²) in [6.45, 7) is 3.96. The van der Waals surface area contributed by atoms with Crippen LogP contribution < -0.4 is 15.4 Å². The molecule has 0 spiro atoms. The molecule has 0 aliphatic rings. The van der Waals surface area contributed by atoms with Gasteiger partial charge >= 0.3 is 0 Å². The summed E-state index contributed by atoms with van der Waals surface area (Å²) in [5.74, 6) is -1.02. The fourth-order valence-electron chi connectivity index (χ4n) is 2.62. The molecule has 3 rings (SSSR count). The second-order valence-corrected chi connectivity index (χ2v) is 8.41. The zero-order valence-corrected chi connectivity index (χ0v) is 17.2. The summed E-state index contributed by atoms with van der Waals surface area (Å²) >= 11 is 0. The van der Waals surface area contributed by atoms with Crippen molar-refractivity contribution < 1.29 is 17.2 Å². The van der Waals surface area contributed by atoms with Gasteiger partial charge in [-0.2, -0.15) is 4.98 Å². The van der Waals surface area contributed by atoms with Gasteiger partial charge in [-0.1, -0.05) is 17.7 Å². The molecule has 158 valence electrons. The summed E-state index contributed by atoms with van der Waals surface area (Å²) < 4.78 is 53.1. The quantitative estimate of drug-likeness (QED) is 0.471. The van der Waals surface area contributed by atoms with Crippen molar-refractivity contribution in [1.29, 1.82) is 0 Å². The SMILES string of the molecule is Cc1ccc(Nc2cc(C)nc(NCCNS(=O)(=O)c3cc(F)cc(F)c3)n2)cc1. The minimum atomic E-state index is -4.04. The number of anilines is 3. The molecule has 0 aliphatic heterocycles. The van der Waals surface area contributed by atoms with Crippen molar-refractivity contribution in [2.24, 2.45) is 0 Å². The first-order valence-electron chi connectivity index (χ1n) is 9.10. The lowest BCUT2D eigenvalue weighted by Gasteiger charge is -2.11. The van der Waals surface area contributed by atoms with E-state index in [0.29, 0.717) is 17.8 Å². The van der Waals surface area contributed by atoms with Gasteiger partial charge in [0.15, 0.2) is 0 Å². The van der Waals surface area contributed by atoms with E-state index in [1.54, 1.807) is 6.07 Å². The highest BCUT2D eigenvalue weighted by atomic mass is 32.2. The van der Waals surface area contributed by atoms with Gasteiger partial charge in [0.1, 0.15) is 17.5 Å². The van der Waals surface area contributed by atoms with Crippen LogP contribution in [0.4, 0.5) is 26.2 Å². The van der Waals surface area contributed by atoms with Crippen LogP contribution in [-0.2, 0) is 10.0 Å². The lowest BCUT2D eigenvalue weighted by molar-refractivity contribution is 0.562. The Bertz CT molecular complexity index is 1120. The van der Waals surface area contributed by atoms with Crippen molar-refractivity contribution >= 4 is 27.5 Å². The first-order chi connectivity index (χ1) is 14.2. The van der Waals surface area contributed by atoms with Crippen LogP contribution >= 0.6 is 0 Å². The minimum absolute atomic E-state index is 0.0293. The molecule has 0 saturated heterocycles. The maximum atomic E-state index is 13.3. The number of aromatic nitrogens is 2. The zero-order valence-electron chi connectivity index (χ0n) is 16.4. The highest BCUT2D eigenvalue weighted by Crippen LogP contribution is 2.17. The Morgan fingerprint density at radius 3 is 2.23 bits per heavy atom. The van der Waals surface area contributed by atoms with Crippen LogP contribution in [0.25, 0.3) is 0 Å². The van der Waals surface area contributed by atoms with E-state index in [2.05, 4.69) is 25.3 Å². The molecule has 30 heavy (non-hydrogen) atoms. The van der Waals surface area contributed by atoms with Crippen molar-refractivity contribution in [3.8, 4) is 0 Å². The molecule has 3 aromatic rings. The Hall–Kier alpha value is -3.11. The first-order valence-corrected chi connectivity index (χ1v) is 10.6. The van der Waals surface area contributed by atoms with Crippen LogP contribution in [-0.4, -0.2) is 31.5 Å². The molecule has 7 nitrogen and oxygen atoms in total. The van der Waals surface area contributed by atoms with Crippen LogP contribution in [0.15, 0.2) is 53.4 Å². The Morgan fingerprint density at radius 2 is 1.57 bits per heavy atom. The predicted octanol–water partition coefficient (Wildman–Crippen LogP) is 3.51. The first kappa shape index (κ1) is 21.6. The molecular weight excluding hydrogens is 412 g/mol. The zero-order chi connectivity index (χ0) is 21.7. The number of benzene rings is 2. The summed E-state index contributed by atoms with van der Waals surface area (Å²) in [4.78, 5) is 8.15. The third-order valence-electron chi connectivity index (χ3n) is 4.02. The van der Waals surface area contributed by atoms with Gasteiger partial charge < -0.3 is 10.6 Å². The molecule has 10 heteroatoms. The van der Waals surface area contributed by atoms with Crippen molar-refractivity contribution in [2.45, 2.75) is 18.7 Å². The van der Waals surface area contributed by atoms with E-state index in [1.165, 1.54) is 0 Å². The van der Waals surface area contributed by atoms with Gasteiger partial charge in [0.05, 0.1) is 4.90 Å². The normalized spacial score (nSPS) is 11.3. The van der Waals surface area contributed by atoms with Gasteiger partial charge in [0.25, 0.3) is 0 Å². The van der Waals surface area contributed by atoms with E-state index < -0.39 is 26.6 Å². The molecule has 0 unspecified atom stereocenters. The maximum Gasteiger partial charge on any atom is 0.240 e. The van der Waals surface area contributed by atoms with Crippen molar-refractivity contribution in [3.63, 3.8) is 0 Å². The average Bonchev–Trinajstić information content (AvgIpc) is 2.66. The summed E-state index contributed by atoms with van der Waals surface area (Å²) in [5, 5.41) is 6.12. The third kappa shape index (κ3) is 5.94. The number of hydrogen-bond donors (Lipinski definition) is 3. The largest absolute Gasteiger partial charge is 0.353 e. The third-order valence-corrected chi connectivity index (χ3v) is 5.47. The summed E-state index contributed by atoms with van der Waals surface area (Å²) in [6.07, 6.45) is 0. The predicted molar refractivity (Wildman–Crippen MR) is 111 cm³/mol. The van der Waals surface area contributed by atoms with Crippen molar-refractivity contribution in [2.75, 3.05) is 23.7 Å². The monoisotopic (exact) mass is 433 g/mol. The van der Waals surface area contributed by atoms with Crippen molar-refractivity contribution in [1.82, 2.24) is 14.7 Å².